The minimum Gasteiger partial charge on any atom is -0.378 e. The van der Waals surface area contributed by atoms with E-state index in [1.165, 1.54) is 0 Å². The third kappa shape index (κ3) is 3.34. The molecule has 0 spiro atoms. The summed E-state index contributed by atoms with van der Waals surface area (Å²) in [6.45, 7) is 3.25. The van der Waals surface area contributed by atoms with Gasteiger partial charge in [0.25, 0.3) is 0 Å². The predicted molar refractivity (Wildman–Crippen MR) is 64.6 cm³/mol. The lowest BCUT2D eigenvalue weighted by molar-refractivity contribution is -0.132. The van der Waals surface area contributed by atoms with Gasteiger partial charge in [0.1, 0.15) is 0 Å². The Morgan fingerprint density at radius 3 is 2.81 bits per heavy atom. The molecule has 16 heavy (non-hydrogen) atoms. The molecule has 94 valence electrons. The lowest BCUT2D eigenvalue weighted by Gasteiger charge is -2.18. The maximum atomic E-state index is 11.9. The van der Waals surface area contributed by atoms with Gasteiger partial charge in [0, 0.05) is 19.7 Å². The van der Waals surface area contributed by atoms with Gasteiger partial charge in [-0.25, -0.2) is 0 Å². The van der Waals surface area contributed by atoms with Crippen molar-refractivity contribution in [2.75, 3.05) is 26.2 Å². The number of likely N-dealkylation sites (tertiary alicyclic amines) is 1. The molecule has 4 nitrogen and oxygen atoms in total. The fourth-order valence-corrected chi connectivity index (χ4v) is 2.38. The van der Waals surface area contributed by atoms with Crippen LogP contribution in [0.15, 0.2) is 0 Å². The van der Waals surface area contributed by atoms with Crippen molar-refractivity contribution in [2.24, 2.45) is 11.7 Å². The monoisotopic (exact) mass is 248 g/mol. The Labute approximate surface area is 103 Å². The van der Waals surface area contributed by atoms with Crippen LogP contribution >= 0.6 is 12.4 Å². The zero-order valence-corrected chi connectivity index (χ0v) is 10.4. The molecular weight excluding hydrogens is 228 g/mol. The van der Waals surface area contributed by atoms with E-state index in [0.717, 1.165) is 39.0 Å². The molecule has 2 aliphatic rings. The minimum absolute atomic E-state index is 0. The molecule has 2 N–H and O–H groups in total. The molecule has 2 unspecified atom stereocenters. The Bertz CT molecular complexity index is 232. The van der Waals surface area contributed by atoms with Gasteiger partial charge in [-0.3, -0.25) is 4.79 Å². The Kier molecular flexibility index (Phi) is 5.52. The second-order valence-electron chi connectivity index (χ2n) is 4.57. The quantitative estimate of drug-likeness (QED) is 0.803. The third-order valence-corrected chi connectivity index (χ3v) is 3.40. The van der Waals surface area contributed by atoms with Gasteiger partial charge in [-0.1, -0.05) is 0 Å². The number of ether oxygens (including phenoxy) is 1. The van der Waals surface area contributed by atoms with E-state index in [0.29, 0.717) is 18.9 Å². The van der Waals surface area contributed by atoms with Crippen molar-refractivity contribution in [1.82, 2.24) is 4.90 Å². The van der Waals surface area contributed by atoms with Crippen LogP contribution in [0.1, 0.15) is 25.7 Å². The lowest BCUT2D eigenvalue weighted by Crippen LogP contribution is -2.32. The normalized spacial score (nSPS) is 29.2. The standard InChI is InChI=1S/C11H20N2O2.ClH/c12-7-9-3-4-13(8-9)11(14)6-10-2-1-5-15-10;/h9-10H,1-8,12H2;1H. The van der Waals surface area contributed by atoms with Crippen LogP contribution in [0.3, 0.4) is 0 Å². The Hall–Kier alpha value is -0.320. The van der Waals surface area contributed by atoms with E-state index < -0.39 is 0 Å². The number of nitrogens with two attached hydrogens (primary N) is 1. The predicted octanol–water partition coefficient (Wildman–Crippen LogP) is 0.784. The number of nitrogens with zero attached hydrogens (tertiary/aromatic N) is 1. The molecule has 0 aromatic rings. The van der Waals surface area contributed by atoms with Crippen LogP contribution in [-0.4, -0.2) is 43.2 Å². The molecule has 0 saturated carbocycles. The zero-order valence-electron chi connectivity index (χ0n) is 9.56. The molecule has 2 rings (SSSR count). The molecule has 5 heteroatoms. The van der Waals surface area contributed by atoms with Crippen LogP contribution in [0, 0.1) is 5.92 Å². The van der Waals surface area contributed by atoms with E-state index in [9.17, 15) is 4.79 Å². The SMILES string of the molecule is Cl.NCC1CCN(C(=O)CC2CCCO2)C1. The van der Waals surface area contributed by atoms with Gasteiger partial charge in [0.2, 0.25) is 5.91 Å². The second-order valence-corrected chi connectivity index (χ2v) is 4.57. The minimum atomic E-state index is 0. The highest BCUT2D eigenvalue weighted by Crippen LogP contribution is 2.20. The maximum absolute atomic E-state index is 11.9. The summed E-state index contributed by atoms with van der Waals surface area (Å²) in [5.41, 5.74) is 5.60. The first kappa shape index (κ1) is 13.7. The van der Waals surface area contributed by atoms with E-state index in [2.05, 4.69) is 0 Å². The average Bonchev–Trinajstić information content (AvgIpc) is 2.86. The van der Waals surface area contributed by atoms with Crippen molar-refractivity contribution in [2.45, 2.75) is 31.8 Å². The van der Waals surface area contributed by atoms with Crippen LogP contribution in [-0.2, 0) is 9.53 Å². The van der Waals surface area contributed by atoms with Gasteiger partial charge in [0.05, 0.1) is 12.5 Å². The highest BCUT2D eigenvalue weighted by Gasteiger charge is 2.28. The first-order chi connectivity index (χ1) is 7.29. The van der Waals surface area contributed by atoms with Crippen molar-refractivity contribution in [3.05, 3.63) is 0 Å². The number of amides is 1. The maximum Gasteiger partial charge on any atom is 0.225 e. The van der Waals surface area contributed by atoms with Crippen LogP contribution in [0.4, 0.5) is 0 Å². The molecular formula is C11H21ClN2O2. The number of hydrogen-bond acceptors (Lipinski definition) is 3. The molecule has 0 aromatic heterocycles. The van der Waals surface area contributed by atoms with Crippen molar-refractivity contribution in [1.29, 1.82) is 0 Å². The number of carbonyl (C=O) groups is 1. The van der Waals surface area contributed by atoms with Crippen molar-refractivity contribution >= 4 is 18.3 Å². The first-order valence-corrected chi connectivity index (χ1v) is 5.89. The summed E-state index contributed by atoms with van der Waals surface area (Å²) in [7, 11) is 0. The molecule has 2 saturated heterocycles. The highest BCUT2D eigenvalue weighted by molar-refractivity contribution is 5.85. The summed E-state index contributed by atoms with van der Waals surface area (Å²) in [5, 5.41) is 0. The molecule has 0 bridgehead atoms. The number of halogens is 1. The van der Waals surface area contributed by atoms with E-state index >= 15 is 0 Å². The molecule has 2 aliphatic heterocycles. The molecule has 2 fully saturated rings. The van der Waals surface area contributed by atoms with Crippen molar-refractivity contribution < 1.29 is 9.53 Å². The van der Waals surface area contributed by atoms with Crippen molar-refractivity contribution in [3.8, 4) is 0 Å². The Balaban J connectivity index is 0.00000128. The first-order valence-electron chi connectivity index (χ1n) is 5.89. The average molecular weight is 249 g/mol. The molecule has 2 heterocycles. The van der Waals surface area contributed by atoms with Crippen molar-refractivity contribution in [3.63, 3.8) is 0 Å². The largest absolute Gasteiger partial charge is 0.378 e. The van der Waals surface area contributed by atoms with Gasteiger partial charge >= 0.3 is 0 Å². The smallest absolute Gasteiger partial charge is 0.225 e. The number of hydrogen-bond donors (Lipinski definition) is 1. The van der Waals surface area contributed by atoms with E-state index in [1.54, 1.807) is 0 Å². The zero-order chi connectivity index (χ0) is 10.7. The topological polar surface area (TPSA) is 55.6 Å². The summed E-state index contributed by atoms with van der Waals surface area (Å²) < 4.78 is 5.46. The lowest BCUT2D eigenvalue weighted by atomic mass is 10.1. The summed E-state index contributed by atoms with van der Waals surface area (Å²) in [4.78, 5) is 13.8. The van der Waals surface area contributed by atoms with Gasteiger partial charge < -0.3 is 15.4 Å². The molecule has 1 amide bonds. The van der Waals surface area contributed by atoms with Gasteiger partial charge in [-0.2, -0.15) is 0 Å². The molecule has 0 aromatic carbocycles. The summed E-state index contributed by atoms with van der Waals surface area (Å²) in [6, 6.07) is 0. The van der Waals surface area contributed by atoms with Gasteiger partial charge in [-0.05, 0) is 31.7 Å². The summed E-state index contributed by atoms with van der Waals surface area (Å²) >= 11 is 0. The van der Waals surface area contributed by atoms with Crippen LogP contribution in [0.2, 0.25) is 0 Å². The highest BCUT2D eigenvalue weighted by atomic mass is 35.5. The van der Waals surface area contributed by atoms with E-state index in [-0.39, 0.29) is 24.4 Å². The summed E-state index contributed by atoms with van der Waals surface area (Å²) in [5.74, 6) is 0.760. The fourth-order valence-electron chi connectivity index (χ4n) is 2.38. The van der Waals surface area contributed by atoms with Crippen LogP contribution in [0.25, 0.3) is 0 Å². The van der Waals surface area contributed by atoms with Crippen LogP contribution in [0.5, 0.6) is 0 Å². The van der Waals surface area contributed by atoms with Crippen LogP contribution < -0.4 is 5.73 Å². The van der Waals surface area contributed by atoms with Gasteiger partial charge in [0.15, 0.2) is 0 Å². The van der Waals surface area contributed by atoms with E-state index in [1.807, 2.05) is 4.90 Å². The Morgan fingerprint density at radius 2 is 2.25 bits per heavy atom. The third-order valence-electron chi connectivity index (χ3n) is 3.40. The summed E-state index contributed by atoms with van der Waals surface area (Å²) in [6.07, 6.45) is 3.95. The molecule has 2 atom stereocenters. The molecule has 0 radical (unpaired) electrons. The molecule has 0 aliphatic carbocycles. The van der Waals surface area contributed by atoms with Gasteiger partial charge in [-0.15, -0.1) is 12.4 Å². The second kappa shape index (κ2) is 6.42. The number of carbonyl (C=O) groups excluding carboxylic acids is 1. The van der Waals surface area contributed by atoms with E-state index in [4.69, 9.17) is 10.5 Å². The number of rotatable bonds is 3. The Morgan fingerprint density at radius 1 is 1.44 bits per heavy atom. The fraction of sp³-hybridized carbons (Fsp3) is 0.909.